The topological polar surface area (TPSA) is 30.7 Å². The summed E-state index contributed by atoms with van der Waals surface area (Å²) in [4.78, 5) is 0. The molecule has 0 radical (unpaired) electrons. The summed E-state index contributed by atoms with van der Waals surface area (Å²) in [5.41, 5.74) is 1.07. The normalized spacial score (nSPS) is 10.4. The summed E-state index contributed by atoms with van der Waals surface area (Å²) < 4.78 is 1.91. The summed E-state index contributed by atoms with van der Waals surface area (Å²) in [6.07, 6.45) is 7.75. The first-order chi connectivity index (χ1) is 6.80. The maximum atomic E-state index is 4.06. The van der Waals surface area contributed by atoms with Crippen molar-refractivity contribution < 1.29 is 21.1 Å². The average molecular weight is 378 g/mol. The Kier molecular flexibility index (Phi) is 7.94. The van der Waals surface area contributed by atoms with E-state index >= 15 is 0 Å². The third kappa shape index (κ3) is 4.92. The van der Waals surface area contributed by atoms with Crippen molar-refractivity contribution in [1.29, 1.82) is 0 Å². The molecule has 15 heavy (non-hydrogen) atoms. The van der Waals surface area contributed by atoms with E-state index in [0.29, 0.717) is 5.92 Å². The van der Waals surface area contributed by atoms with E-state index in [-0.39, 0.29) is 21.1 Å². The molecule has 0 aromatic carbocycles. The Labute approximate surface area is 107 Å². The minimum Gasteiger partial charge on any atom is -0.304 e. The summed E-state index contributed by atoms with van der Waals surface area (Å²) in [5.74, 6) is 0.712. The minimum atomic E-state index is 0. The minimum absolute atomic E-state index is 0. The van der Waals surface area contributed by atoms with Crippen LogP contribution in [0.2, 0.25) is 0 Å². The molecule has 86 valence electrons. The van der Waals surface area contributed by atoms with Crippen LogP contribution in [0.25, 0.3) is 0 Å². The molecule has 0 aliphatic rings. The molecule has 0 N–H and O–H groups in total. The molecule has 0 saturated carbocycles. The molecule has 1 rings (SSSR count). The van der Waals surface area contributed by atoms with E-state index in [0.717, 1.165) is 18.7 Å². The van der Waals surface area contributed by atoms with Crippen molar-refractivity contribution in [2.24, 2.45) is 5.92 Å². The molecule has 0 aliphatic carbocycles. The number of aromatic nitrogens is 3. The maximum Gasteiger partial charge on any atom is 0.0823 e. The van der Waals surface area contributed by atoms with Gasteiger partial charge in [-0.1, -0.05) is 45.4 Å². The van der Waals surface area contributed by atoms with Gasteiger partial charge in [-0.15, -0.1) is 5.10 Å². The van der Waals surface area contributed by atoms with Crippen LogP contribution < -0.4 is 0 Å². The molecule has 1 heterocycles. The van der Waals surface area contributed by atoms with Gasteiger partial charge >= 0.3 is 0 Å². The number of aryl methyl sites for hydroxylation is 1. The second-order valence-electron chi connectivity index (χ2n) is 3.60. The molecule has 1 aromatic heterocycles. The second-order valence-corrected chi connectivity index (χ2v) is 3.60. The first-order valence-corrected chi connectivity index (χ1v) is 5.52. The fraction of sp³-hybridized carbons (Fsp3) is 0.727. The fourth-order valence-corrected chi connectivity index (χ4v) is 1.47. The largest absolute Gasteiger partial charge is 0.304 e. The summed E-state index contributed by atoms with van der Waals surface area (Å²) in [6.45, 7) is 7.44. The van der Waals surface area contributed by atoms with E-state index in [4.69, 9.17) is 0 Å². The van der Waals surface area contributed by atoms with Crippen LogP contribution in [0.1, 0.15) is 39.3 Å². The monoisotopic (exact) mass is 378 g/mol. The van der Waals surface area contributed by atoms with E-state index in [1.165, 1.54) is 12.8 Å². The van der Waals surface area contributed by atoms with Gasteiger partial charge in [-0.2, -0.15) is 5.92 Å². The number of hydrogen-bond donors (Lipinski definition) is 0. The zero-order valence-electron chi connectivity index (χ0n) is 9.81. The van der Waals surface area contributed by atoms with Gasteiger partial charge in [0.15, 0.2) is 0 Å². The van der Waals surface area contributed by atoms with Crippen LogP contribution in [-0.4, -0.2) is 15.0 Å². The Morgan fingerprint density at radius 2 is 2.00 bits per heavy atom. The summed E-state index contributed by atoms with van der Waals surface area (Å²) >= 11 is 0. The molecule has 1 aromatic rings. The van der Waals surface area contributed by atoms with Crippen LogP contribution in [0.4, 0.5) is 0 Å². The number of hydrogen-bond acceptors (Lipinski definition) is 2. The van der Waals surface area contributed by atoms with Crippen LogP contribution in [-0.2, 0) is 34.0 Å². The summed E-state index contributed by atoms with van der Waals surface area (Å²) in [5, 5.41) is 8.12. The predicted molar refractivity (Wildman–Crippen MR) is 57.8 cm³/mol. The van der Waals surface area contributed by atoms with Gasteiger partial charge in [-0.25, -0.2) is 0 Å². The molecular weight excluding hydrogens is 358 g/mol. The summed E-state index contributed by atoms with van der Waals surface area (Å²) in [7, 11) is 0. The Bertz CT molecular complexity index is 256. The molecule has 0 aliphatic heterocycles. The zero-order chi connectivity index (χ0) is 10.4. The molecule has 0 amide bonds. The second kappa shape index (κ2) is 8.04. The smallest absolute Gasteiger partial charge is 0.0823 e. The van der Waals surface area contributed by atoms with E-state index in [2.05, 4.69) is 37.5 Å². The van der Waals surface area contributed by atoms with Gasteiger partial charge in [0.25, 0.3) is 0 Å². The van der Waals surface area contributed by atoms with E-state index in [1.54, 1.807) is 0 Å². The van der Waals surface area contributed by atoms with Crippen molar-refractivity contribution in [2.75, 3.05) is 0 Å². The number of nitrogens with zero attached hydrogens (tertiary/aromatic N) is 3. The van der Waals surface area contributed by atoms with Crippen LogP contribution in [0, 0.1) is 12.3 Å². The molecule has 0 bridgehead atoms. The molecular formula is C11H20N3W-. The molecule has 0 fully saturated rings. The van der Waals surface area contributed by atoms with Crippen molar-refractivity contribution >= 4 is 0 Å². The Morgan fingerprint density at radius 3 is 2.47 bits per heavy atom. The van der Waals surface area contributed by atoms with Crippen molar-refractivity contribution in [3.63, 3.8) is 0 Å². The van der Waals surface area contributed by atoms with Gasteiger partial charge in [0.05, 0.1) is 5.69 Å². The van der Waals surface area contributed by atoms with E-state index < -0.39 is 0 Å². The Balaban J connectivity index is 0.00000196. The molecule has 0 unspecified atom stereocenters. The van der Waals surface area contributed by atoms with Crippen LogP contribution in [0.5, 0.6) is 0 Å². The van der Waals surface area contributed by atoms with E-state index in [1.807, 2.05) is 10.9 Å². The fourth-order valence-electron chi connectivity index (χ4n) is 1.47. The van der Waals surface area contributed by atoms with Crippen molar-refractivity contribution in [3.8, 4) is 0 Å². The van der Waals surface area contributed by atoms with Gasteiger partial charge in [0, 0.05) is 27.3 Å². The van der Waals surface area contributed by atoms with Gasteiger partial charge in [-0.3, -0.25) is 4.68 Å². The van der Waals surface area contributed by atoms with E-state index in [9.17, 15) is 0 Å². The van der Waals surface area contributed by atoms with Gasteiger partial charge in [0.2, 0.25) is 0 Å². The zero-order valence-corrected chi connectivity index (χ0v) is 12.7. The SMILES string of the molecule is CCc1cn(C[CH-]C(CC)CC)nn1.[W]. The standard InChI is InChI=1S/C11H20N3.W/c1-4-10(5-2)7-8-14-9-11(6-3)12-13-14;/h7,9-10H,4-6,8H2,1-3H3;/q-1;. The summed E-state index contributed by atoms with van der Waals surface area (Å²) in [6, 6.07) is 0. The third-order valence-electron chi connectivity index (χ3n) is 2.62. The molecule has 3 nitrogen and oxygen atoms in total. The van der Waals surface area contributed by atoms with Crippen molar-refractivity contribution in [2.45, 2.75) is 46.6 Å². The van der Waals surface area contributed by atoms with Crippen LogP contribution in [0.15, 0.2) is 6.20 Å². The molecule has 0 atom stereocenters. The molecule has 0 saturated heterocycles. The first kappa shape index (κ1) is 14.8. The maximum absolute atomic E-state index is 4.06. The Morgan fingerprint density at radius 1 is 1.33 bits per heavy atom. The first-order valence-electron chi connectivity index (χ1n) is 5.52. The Hall–Kier alpha value is -0.172. The number of rotatable bonds is 6. The van der Waals surface area contributed by atoms with Gasteiger partial charge in [0.1, 0.15) is 0 Å². The predicted octanol–water partition coefficient (Wildman–Crippen LogP) is 2.48. The van der Waals surface area contributed by atoms with Crippen LogP contribution >= 0.6 is 0 Å². The quantitative estimate of drug-likeness (QED) is 0.713. The molecule has 0 spiro atoms. The van der Waals surface area contributed by atoms with Crippen molar-refractivity contribution in [1.82, 2.24) is 15.0 Å². The molecule has 4 heteroatoms. The average Bonchev–Trinajstić information content (AvgIpc) is 2.67. The third-order valence-corrected chi connectivity index (χ3v) is 2.62. The van der Waals surface area contributed by atoms with Gasteiger partial charge in [-0.05, 0) is 6.42 Å². The van der Waals surface area contributed by atoms with Crippen LogP contribution in [0.3, 0.4) is 0 Å². The van der Waals surface area contributed by atoms with Crippen molar-refractivity contribution in [3.05, 3.63) is 18.3 Å². The van der Waals surface area contributed by atoms with Gasteiger partial charge < -0.3 is 6.42 Å².